The van der Waals surface area contributed by atoms with Gasteiger partial charge in [0.1, 0.15) is 0 Å². The molecule has 0 radical (unpaired) electrons. The smallest absolute Gasteiger partial charge is 0.0707 e. The highest BCUT2D eigenvalue weighted by Gasteiger charge is 2.40. The molecule has 15 heavy (non-hydrogen) atoms. The summed E-state index contributed by atoms with van der Waals surface area (Å²) in [7, 11) is 0. The van der Waals surface area contributed by atoms with Crippen LogP contribution in [0.25, 0.3) is 0 Å². The van der Waals surface area contributed by atoms with Crippen molar-refractivity contribution in [2.75, 3.05) is 13.1 Å². The van der Waals surface area contributed by atoms with Crippen molar-refractivity contribution < 1.29 is 4.74 Å². The molecule has 0 spiro atoms. The summed E-state index contributed by atoms with van der Waals surface area (Å²) in [6.07, 6.45) is 7.06. The first-order valence-electron chi connectivity index (χ1n) is 6.44. The Hall–Kier alpha value is -0.0800. The Morgan fingerprint density at radius 1 is 1.27 bits per heavy atom. The maximum atomic E-state index is 5.96. The van der Waals surface area contributed by atoms with Crippen LogP contribution in [-0.4, -0.2) is 24.8 Å². The Morgan fingerprint density at radius 3 is 2.47 bits per heavy atom. The molecule has 0 aromatic heterocycles. The molecule has 88 valence electrons. The molecule has 1 aliphatic heterocycles. The molecular weight excluding hydrogens is 186 g/mol. The maximum absolute atomic E-state index is 5.96. The minimum absolute atomic E-state index is 0.119. The SMILES string of the molecule is CCC1(CNCC2CCC(C)(C)O2)CC1. The summed E-state index contributed by atoms with van der Waals surface area (Å²) in [5, 5.41) is 3.59. The van der Waals surface area contributed by atoms with E-state index in [0.717, 1.165) is 6.54 Å². The quantitative estimate of drug-likeness (QED) is 0.755. The van der Waals surface area contributed by atoms with E-state index in [4.69, 9.17) is 4.74 Å². The lowest BCUT2D eigenvalue weighted by Gasteiger charge is -2.20. The van der Waals surface area contributed by atoms with Crippen molar-refractivity contribution in [2.24, 2.45) is 5.41 Å². The third-order valence-corrected chi connectivity index (χ3v) is 4.13. The van der Waals surface area contributed by atoms with Gasteiger partial charge in [-0.25, -0.2) is 0 Å². The molecule has 0 aromatic rings. The van der Waals surface area contributed by atoms with Crippen molar-refractivity contribution in [3.8, 4) is 0 Å². The van der Waals surface area contributed by atoms with Gasteiger partial charge >= 0.3 is 0 Å². The van der Waals surface area contributed by atoms with Crippen LogP contribution >= 0.6 is 0 Å². The van der Waals surface area contributed by atoms with Gasteiger partial charge in [0.05, 0.1) is 11.7 Å². The van der Waals surface area contributed by atoms with Gasteiger partial charge in [0, 0.05) is 13.1 Å². The second kappa shape index (κ2) is 4.06. The first-order chi connectivity index (χ1) is 7.05. The standard InChI is InChI=1S/C13H25NO/c1-4-13(7-8-13)10-14-9-11-5-6-12(2,3)15-11/h11,14H,4-10H2,1-3H3. The fourth-order valence-electron chi connectivity index (χ4n) is 2.55. The predicted octanol–water partition coefficient (Wildman–Crippen LogP) is 2.72. The minimum atomic E-state index is 0.119. The lowest BCUT2D eigenvalue weighted by Crippen LogP contribution is -2.32. The molecule has 1 N–H and O–H groups in total. The van der Waals surface area contributed by atoms with E-state index in [1.54, 1.807) is 0 Å². The van der Waals surface area contributed by atoms with Crippen LogP contribution in [0.4, 0.5) is 0 Å². The largest absolute Gasteiger partial charge is 0.371 e. The van der Waals surface area contributed by atoms with E-state index in [9.17, 15) is 0 Å². The van der Waals surface area contributed by atoms with Gasteiger partial charge in [-0.3, -0.25) is 0 Å². The van der Waals surface area contributed by atoms with Gasteiger partial charge in [-0.15, -0.1) is 0 Å². The van der Waals surface area contributed by atoms with E-state index in [1.807, 2.05) is 0 Å². The highest BCUT2D eigenvalue weighted by molar-refractivity contribution is 4.94. The summed E-state index contributed by atoms with van der Waals surface area (Å²) >= 11 is 0. The van der Waals surface area contributed by atoms with Gasteiger partial charge in [-0.05, 0) is 51.4 Å². The van der Waals surface area contributed by atoms with Crippen molar-refractivity contribution >= 4 is 0 Å². The van der Waals surface area contributed by atoms with E-state index in [0.29, 0.717) is 11.5 Å². The maximum Gasteiger partial charge on any atom is 0.0707 e. The van der Waals surface area contributed by atoms with Crippen molar-refractivity contribution in [3.63, 3.8) is 0 Å². The summed E-state index contributed by atoms with van der Waals surface area (Å²) in [5.74, 6) is 0. The van der Waals surface area contributed by atoms with E-state index in [-0.39, 0.29) is 5.60 Å². The molecule has 1 aliphatic carbocycles. The molecule has 2 rings (SSSR count). The minimum Gasteiger partial charge on any atom is -0.371 e. The molecule has 2 fully saturated rings. The topological polar surface area (TPSA) is 21.3 Å². The average molecular weight is 211 g/mol. The Balaban J connectivity index is 1.63. The van der Waals surface area contributed by atoms with E-state index in [1.165, 1.54) is 38.6 Å². The molecule has 2 nitrogen and oxygen atoms in total. The van der Waals surface area contributed by atoms with Crippen LogP contribution in [0.1, 0.15) is 52.9 Å². The molecule has 0 bridgehead atoms. The first-order valence-corrected chi connectivity index (χ1v) is 6.44. The van der Waals surface area contributed by atoms with Crippen molar-refractivity contribution in [2.45, 2.75) is 64.6 Å². The molecule has 1 saturated heterocycles. The monoisotopic (exact) mass is 211 g/mol. The predicted molar refractivity (Wildman–Crippen MR) is 63.0 cm³/mol. The number of nitrogens with one attached hydrogen (secondary N) is 1. The third kappa shape index (κ3) is 2.94. The third-order valence-electron chi connectivity index (χ3n) is 4.13. The highest BCUT2D eigenvalue weighted by atomic mass is 16.5. The van der Waals surface area contributed by atoms with Gasteiger partial charge in [-0.2, -0.15) is 0 Å². The molecule has 1 saturated carbocycles. The second-order valence-corrected chi connectivity index (χ2v) is 6.02. The Bertz CT molecular complexity index is 221. The highest BCUT2D eigenvalue weighted by Crippen LogP contribution is 2.47. The van der Waals surface area contributed by atoms with Gasteiger partial charge in [0.15, 0.2) is 0 Å². The lowest BCUT2D eigenvalue weighted by molar-refractivity contribution is -0.0145. The summed E-state index contributed by atoms with van der Waals surface area (Å²) in [6, 6.07) is 0. The van der Waals surface area contributed by atoms with Gasteiger partial charge < -0.3 is 10.1 Å². The Kier molecular flexibility index (Phi) is 3.09. The first kappa shape index (κ1) is 11.4. The van der Waals surface area contributed by atoms with E-state index >= 15 is 0 Å². The zero-order valence-electron chi connectivity index (χ0n) is 10.4. The summed E-state index contributed by atoms with van der Waals surface area (Å²) in [4.78, 5) is 0. The molecule has 0 amide bonds. The second-order valence-electron chi connectivity index (χ2n) is 6.02. The van der Waals surface area contributed by atoms with Crippen molar-refractivity contribution in [1.29, 1.82) is 0 Å². The average Bonchev–Trinajstić information content (AvgIpc) is 2.87. The van der Waals surface area contributed by atoms with E-state index in [2.05, 4.69) is 26.1 Å². The zero-order chi connectivity index (χ0) is 10.9. The van der Waals surface area contributed by atoms with Crippen LogP contribution in [0.2, 0.25) is 0 Å². The van der Waals surface area contributed by atoms with Crippen LogP contribution < -0.4 is 5.32 Å². The zero-order valence-corrected chi connectivity index (χ0v) is 10.4. The molecular formula is C13H25NO. The van der Waals surface area contributed by atoms with Crippen molar-refractivity contribution in [3.05, 3.63) is 0 Å². The normalized spacial score (nSPS) is 31.8. The summed E-state index contributed by atoms with van der Waals surface area (Å²) < 4.78 is 5.96. The number of ether oxygens (including phenoxy) is 1. The van der Waals surface area contributed by atoms with Crippen LogP contribution in [0, 0.1) is 5.41 Å². The number of rotatable bonds is 5. The molecule has 1 unspecified atom stereocenters. The van der Waals surface area contributed by atoms with Crippen molar-refractivity contribution in [1.82, 2.24) is 5.32 Å². The molecule has 1 heterocycles. The molecule has 2 aliphatic rings. The number of hydrogen-bond donors (Lipinski definition) is 1. The fraction of sp³-hybridized carbons (Fsp3) is 1.00. The van der Waals surface area contributed by atoms with Gasteiger partial charge in [-0.1, -0.05) is 6.92 Å². The van der Waals surface area contributed by atoms with Crippen LogP contribution in [0.5, 0.6) is 0 Å². The van der Waals surface area contributed by atoms with E-state index < -0.39 is 0 Å². The Morgan fingerprint density at radius 2 is 2.00 bits per heavy atom. The number of hydrogen-bond acceptors (Lipinski definition) is 2. The molecule has 2 heteroatoms. The molecule has 0 aromatic carbocycles. The lowest BCUT2D eigenvalue weighted by atomic mass is 10.0. The molecule has 1 atom stereocenters. The van der Waals surface area contributed by atoms with Gasteiger partial charge in [0.25, 0.3) is 0 Å². The van der Waals surface area contributed by atoms with Crippen LogP contribution in [0.3, 0.4) is 0 Å². The van der Waals surface area contributed by atoms with Crippen LogP contribution in [-0.2, 0) is 4.74 Å². The van der Waals surface area contributed by atoms with Crippen LogP contribution in [0.15, 0.2) is 0 Å². The fourth-order valence-corrected chi connectivity index (χ4v) is 2.55. The Labute approximate surface area is 93.8 Å². The summed E-state index contributed by atoms with van der Waals surface area (Å²) in [5.41, 5.74) is 0.780. The summed E-state index contributed by atoms with van der Waals surface area (Å²) in [6.45, 7) is 8.95. The van der Waals surface area contributed by atoms with Gasteiger partial charge in [0.2, 0.25) is 0 Å².